The van der Waals surface area contributed by atoms with Crippen molar-refractivity contribution in [3.8, 4) is 0 Å². The van der Waals surface area contributed by atoms with E-state index in [-0.39, 0.29) is 11.5 Å². The number of carbonyl (C=O) groups is 2. The Balaban J connectivity index is 2.14. The van der Waals surface area contributed by atoms with Gasteiger partial charge in [0, 0.05) is 13.0 Å². The number of anilines is 1. The lowest BCUT2D eigenvalue weighted by atomic mass is 10.1. The van der Waals surface area contributed by atoms with Crippen LogP contribution in [0.15, 0.2) is 0 Å². The Morgan fingerprint density at radius 3 is 2.70 bits per heavy atom. The predicted molar refractivity (Wildman–Crippen MR) is 78.5 cm³/mol. The van der Waals surface area contributed by atoms with Crippen molar-refractivity contribution in [3.63, 3.8) is 0 Å². The van der Waals surface area contributed by atoms with Crippen LogP contribution in [0.25, 0.3) is 0 Å². The summed E-state index contributed by atoms with van der Waals surface area (Å²) in [6.07, 6.45) is 4.74. The molecule has 0 spiro atoms. The third kappa shape index (κ3) is 3.56. The van der Waals surface area contributed by atoms with E-state index in [4.69, 9.17) is 0 Å². The Labute approximate surface area is 122 Å². The van der Waals surface area contributed by atoms with Crippen LogP contribution in [0, 0.1) is 5.92 Å². The Kier molecular flexibility index (Phi) is 4.75. The fourth-order valence-electron chi connectivity index (χ4n) is 2.11. The second-order valence-corrected chi connectivity index (χ2v) is 6.17. The first-order valence-corrected chi connectivity index (χ1v) is 7.73. The Hall–Kier alpha value is -1.43. The fourth-order valence-corrected chi connectivity index (χ4v) is 3.04. The van der Waals surface area contributed by atoms with E-state index >= 15 is 0 Å². The number of aromatic nitrogens is 1. The average molecular weight is 296 g/mol. The SMILES string of the molecule is CCC(CC1CC1)Nc1nc(C(=O)OC)c(C(C)=O)s1. The summed E-state index contributed by atoms with van der Waals surface area (Å²) in [5.74, 6) is 0.0979. The van der Waals surface area contributed by atoms with E-state index < -0.39 is 5.97 Å². The third-order valence-electron chi connectivity index (χ3n) is 3.46. The average Bonchev–Trinajstić information content (AvgIpc) is 3.14. The first kappa shape index (κ1) is 15.0. The maximum atomic E-state index is 11.6. The van der Waals surface area contributed by atoms with Crippen LogP contribution in [0.2, 0.25) is 0 Å². The molecule has 1 aromatic heterocycles. The molecule has 0 aromatic carbocycles. The molecule has 1 aliphatic rings. The summed E-state index contributed by atoms with van der Waals surface area (Å²) in [5, 5.41) is 3.97. The summed E-state index contributed by atoms with van der Waals surface area (Å²) < 4.78 is 4.67. The molecule has 1 saturated carbocycles. The van der Waals surface area contributed by atoms with Crippen LogP contribution in [0.5, 0.6) is 0 Å². The van der Waals surface area contributed by atoms with E-state index in [1.165, 1.54) is 38.2 Å². The van der Waals surface area contributed by atoms with E-state index in [0.29, 0.717) is 16.1 Å². The number of hydrogen-bond donors (Lipinski definition) is 1. The number of carbonyl (C=O) groups excluding carboxylic acids is 2. The first-order valence-electron chi connectivity index (χ1n) is 6.91. The van der Waals surface area contributed by atoms with Gasteiger partial charge in [-0.15, -0.1) is 0 Å². The number of hydrogen-bond acceptors (Lipinski definition) is 6. The summed E-state index contributed by atoms with van der Waals surface area (Å²) in [6, 6.07) is 0.346. The standard InChI is InChI=1S/C14H20N2O3S/c1-4-10(7-9-5-6-9)15-14-16-11(13(18)19-3)12(20-14)8(2)17/h9-10H,4-7H2,1-3H3,(H,15,16). The largest absolute Gasteiger partial charge is 0.464 e. The molecule has 0 amide bonds. The van der Waals surface area contributed by atoms with Crippen molar-refractivity contribution in [1.29, 1.82) is 0 Å². The molecule has 0 aliphatic heterocycles. The molecule has 5 nitrogen and oxygen atoms in total. The molecule has 1 atom stereocenters. The number of esters is 1. The van der Waals surface area contributed by atoms with Gasteiger partial charge < -0.3 is 10.1 Å². The zero-order chi connectivity index (χ0) is 14.7. The molecule has 1 N–H and O–H groups in total. The van der Waals surface area contributed by atoms with Gasteiger partial charge in [-0.2, -0.15) is 0 Å². The maximum Gasteiger partial charge on any atom is 0.358 e. The van der Waals surface area contributed by atoms with E-state index in [2.05, 4.69) is 22.0 Å². The minimum absolute atomic E-state index is 0.119. The normalized spacial score (nSPS) is 15.8. The van der Waals surface area contributed by atoms with Crippen molar-refractivity contribution >= 4 is 28.2 Å². The molecule has 2 rings (SSSR count). The van der Waals surface area contributed by atoms with Crippen molar-refractivity contribution in [2.75, 3.05) is 12.4 Å². The second kappa shape index (κ2) is 6.35. The molecule has 6 heteroatoms. The molecule has 1 aliphatic carbocycles. The zero-order valence-electron chi connectivity index (χ0n) is 12.1. The molecule has 1 heterocycles. The molecular weight excluding hydrogens is 276 g/mol. The van der Waals surface area contributed by atoms with E-state index in [9.17, 15) is 9.59 Å². The number of nitrogens with zero attached hydrogens (tertiary/aromatic N) is 1. The molecule has 0 bridgehead atoms. The van der Waals surface area contributed by atoms with Crippen molar-refractivity contribution in [1.82, 2.24) is 4.98 Å². The number of rotatable bonds is 7. The van der Waals surface area contributed by atoms with Crippen molar-refractivity contribution in [3.05, 3.63) is 10.6 Å². The van der Waals surface area contributed by atoms with Gasteiger partial charge in [0.05, 0.1) is 7.11 Å². The topological polar surface area (TPSA) is 68.3 Å². The molecule has 0 radical (unpaired) electrons. The number of ether oxygens (including phenoxy) is 1. The Morgan fingerprint density at radius 1 is 1.50 bits per heavy atom. The molecular formula is C14H20N2O3S. The Bertz CT molecular complexity index is 509. The fraction of sp³-hybridized carbons (Fsp3) is 0.643. The van der Waals surface area contributed by atoms with Crippen LogP contribution in [0.3, 0.4) is 0 Å². The van der Waals surface area contributed by atoms with Gasteiger partial charge in [-0.25, -0.2) is 9.78 Å². The molecule has 110 valence electrons. The third-order valence-corrected chi connectivity index (χ3v) is 4.55. The molecule has 1 fully saturated rings. The number of Topliss-reactive ketones (excluding diaryl/α,β-unsaturated/α-hetero) is 1. The number of thiazole rings is 1. The number of ketones is 1. The lowest BCUT2D eigenvalue weighted by molar-refractivity contribution is 0.0591. The molecule has 1 unspecified atom stereocenters. The minimum Gasteiger partial charge on any atom is -0.464 e. The van der Waals surface area contributed by atoms with Crippen LogP contribution in [0.1, 0.15) is 59.7 Å². The predicted octanol–water partition coefficient (Wildman–Crippen LogP) is 3.12. The van der Waals surface area contributed by atoms with Crippen LogP contribution in [-0.4, -0.2) is 29.9 Å². The molecule has 1 aromatic rings. The summed E-state index contributed by atoms with van der Waals surface area (Å²) >= 11 is 1.23. The quantitative estimate of drug-likeness (QED) is 0.618. The van der Waals surface area contributed by atoms with Gasteiger partial charge in [0.15, 0.2) is 16.6 Å². The summed E-state index contributed by atoms with van der Waals surface area (Å²) in [5.41, 5.74) is 0.119. The first-order chi connectivity index (χ1) is 9.55. The lowest BCUT2D eigenvalue weighted by Gasteiger charge is -2.15. The minimum atomic E-state index is -0.560. The second-order valence-electron chi connectivity index (χ2n) is 5.17. The number of methoxy groups -OCH3 is 1. The lowest BCUT2D eigenvalue weighted by Crippen LogP contribution is -2.19. The van der Waals surface area contributed by atoms with Crippen LogP contribution >= 0.6 is 11.3 Å². The monoisotopic (exact) mass is 296 g/mol. The van der Waals surface area contributed by atoms with Gasteiger partial charge in [-0.1, -0.05) is 31.1 Å². The molecule has 20 heavy (non-hydrogen) atoms. The van der Waals surface area contributed by atoms with Crippen LogP contribution in [-0.2, 0) is 4.74 Å². The van der Waals surface area contributed by atoms with Crippen molar-refractivity contribution in [2.24, 2.45) is 5.92 Å². The van der Waals surface area contributed by atoms with E-state index in [0.717, 1.165) is 18.8 Å². The summed E-state index contributed by atoms with van der Waals surface area (Å²) in [7, 11) is 1.29. The maximum absolute atomic E-state index is 11.6. The highest BCUT2D eigenvalue weighted by atomic mass is 32.1. The van der Waals surface area contributed by atoms with Gasteiger partial charge in [0.2, 0.25) is 0 Å². The van der Waals surface area contributed by atoms with Gasteiger partial charge in [0.1, 0.15) is 4.88 Å². The highest BCUT2D eigenvalue weighted by molar-refractivity contribution is 7.17. The van der Waals surface area contributed by atoms with Crippen LogP contribution in [0.4, 0.5) is 5.13 Å². The smallest absolute Gasteiger partial charge is 0.358 e. The van der Waals surface area contributed by atoms with E-state index in [1.807, 2.05) is 0 Å². The summed E-state index contributed by atoms with van der Waals surface area (Å²) in [6.45, 7) is 3.56. The van der Waals surface area contributed by atoms with Crippen molar-refractivity contribution < 1.29 is 14.3 Å². The van der Waals surface area contributed by atoms with Gasteiger partial charge in [0.25, 0.3) is 0 Å². The highest BCUT2D eigenvalue weighted by Crippen LogP contribution is 2.35. The van der Waals surface area contributed by atoms with Gasteiger partial charge in [-0.3, -0.25) is 4.79 Å². The van der Waals surface area contributed by atoms with Crippen LogP contribution < -0.4 is 5.32 Å². The molecule has 0 saturated heterocycles. The van der Waals surface area contributed by atoms with Gasteiger partial charge >= 0.3 is 5.97 Å². The summed E-state index contributed by atoms with van der Waals surface area (Å²) in [4.78, 5) is 27.8. The van der Waals surface area contributed by atoms with Crippen molar-refractivity contribution in [2.45, 2.75) is 45.6 Å². The highest BCUT2D eigenvalue weighted by Gasteiger charge is 2.26. The zero-order valence-corrected chi connectivity index (χ0v) is 12.9. The van der Waals surface area contributed by atoms with Gasteiger partial charge in [-0.05, 0) is 18.8 Å². The number of nitrogens with one attached hydrogen (secondary N) is 1. The van der Waals surface area contributed by atoms with E-state index in [1.54, 1.807) is 0 Å². The Morgan fingerprint density at radius 2 is 2.20 bits per heavy atom.